The first-order valence-corrected chi connectivity index (χ1v) is 7.52. The molecule has 5 heteroatoms. The summed E-state index contributed by atoms with van der Waals surface area (Å²) in [5.41, 5.74) is 6.94. The van der Waals surface area contributed by atoms with Gasteiger partial charge in [-0.1, -0.05) is 6.92 Å². The van der Waals surface area contributed by atoms with Gasteiger partial charge in [-0.3, -0.25) is 0 Å². The second-order valence-corrected chi connectivity index (χ2v) is 5.72. The number of thiazole rings is 1. The quantitative estimate of drug-likeness (QED) is 0.784. The molecule has 0 radical (unpaired) electrons. The first-order chi connectivity index (χ1) is 8.62. The summed E-state index contributed by atoms with van der Waals surface area (Å²) in [6.07, 6.45) is 2.14. The molecule has 0 aromatic carbocycles. The van der Waals surface area contributed by atoms with Crippen LogP contribution >= 0.6 is 11.3 Å². The lowest BCUT2D eigenvalue weighted by Crippen LogP contribution is -2.26. The van der Waals surface area contributed by atoms with Gasteiger partial charge in [0.2, 0.25) is 0 Å². The van der Waals surface area contributed by atoms with Crippen LogP contribution in [0.3, 0.4) is 0 Å². The van der Waals surface area contributed by atoms with Crippen molar-refractivity contribution in [2.45, 2.75) is 33.2 Å². The van der Waals surface area contributed by atoms with Crippen LogP contribution in [0.25, 0.3) is 0 Å². The molecule has 1 aromatic rings. The zero-order valence-corrected chi connectivity index (χ0v) is 12.9. The monoisotopic (exact) mass is 270 g/mol. The molecule has 104 valence electrons. The van der Waals surface area contributed by atoms with Gasteiger partial charge in [0.15, 0.2) is 5.13 Å². The second-order valence-electron chi connectivity index (χ2n) is 4.66. The highest BCUT2D eigenvalue weighted by Gasteiger charge is 2.13. The van der Waals surface area contributed by atoms with Gasteiger partial charge >= 0.3 is 0 Å². The van der Waals surface area contributed by atoms with E-state index in [1.54, 1.807) is 11.3 Å². The maximum atomic E-state index is 5.77. The Bertz CT molecular complexity index is 327. The molecule has 1 aromatic heterocycles. The summed E-state index contributed by atoms with van der Waals surface area (Å²) in [7, 11) is 4.22. The maximum Gasteiger partial charge on any atom is 0.185 e. The van der Waals surface area contributed by atoms with Crippen LogP contribution in [-0.4, -0.2) is 43.6 Å². The third kappa shape index (κ3) is 4.23. The van der Waals surface area contributed by atoms with E-state index >= 15 is 0 Å². The van der Waals surface area contributed by atoms with Crippen LogP contribution < -0.4 is 10.6 Å². The Hall–Kier alpha value is -0.650. The van der Waals surface area contributed by atoms with Crippen molar-refractivity contribution in [1.29, 1.82) is 0 Å². The number of anilines is 1. The molecule has 1 rings (SSSR count). The third-order valence-electron chi connectivity index (χ3n) is 2.97. The van der Waals surface area contributed by atoms with E-state index in [9.17, 15) is 0 Å². The second kappa shape index (κ2) is 7.71. The zero-order chi connectivity index (χ0) is 13.5. The van der Waals surface area contributed by atoms with Crippen molar-refractivity contribution in [3.63, 3.8) is 0 Å². The molecular weight excluding hydrogens is 244 g/mol. The summed E-state index contributed by atoms with van der Waals surface area (Å²) >= 11 is 1.75. The number of hydrogen-bond acceptors (Lipinski definition) is 5. The Labute approximate surface area is 115 Å². The fourth-order valence-corrected chi connectivity index (χ4v) is 3.02. The molecule has 0 unspecified atom stereocenters. The van der Waals surface area contributed by atoms with E-state index in [0.717, 1.165) is 31.2 Å². The number of nitrogens with zero attached hydrogens (tertiary/aromatic N) is 3. The highest BCUT2D eigenvalue weighted by molar-refractivity contribution is 7.15. The normalized spacial score (nSPS) is 11.2. The van der Waals surface area contributed by atoms with Crippen molar-refractivity contribution in [2.24, 2.45) is 5.73 Å². The molecule has 0 bridgehead atoms. The van der Waals surface area contributed by atoms with E-state index in [-0.39, 0.29) is 0 Å². The summed E-state index contributed by atoms with van der Waals surface area (Å²) in [4.78, 5) is 10.5. The van der Waals surface area contributed by atoms with Crippen LogP contribution in [0, 0.1) is 0 Å². The fraction of sp³-hybridized carbons (Fsp3) is 0.769. The van der Waals surface area contributed by atoms with Crippen LogP contribution in [0.2, 0.25) is 0 Å². The minimum Gasteiger partial charge on any atom is -0.348 e. The SMILES string of the molecule is CCc1nc(N(CC)CCCN(C)C)sc1CN. The molecule has 18 heavy (non-hydrogen) atoms. The van der Waals surface area contributed by atoms with Crippen LogP contribution in [0.1, 0.15) is 30.8 Å². The number of aryl methyl sites for hydroxylation is 1. The molecule has 2 N–H and O–H groups in total. The highest BCUT2D eigenvalue weighted by Crippen LogP contribution is 2.26. The van der Waals surface area contributed by atoms with Gasteiger partial charge in [0.25, 0.3) is 0 Å². The van der Waals surface area contributed by atoms with Crippen molar-refractivity contribution in [3.8, 4) is 0 Å². The van der Waals surface area contributed by atoms with E-state index in [1.165, 1.54) is 17.0 Å². The van der Waals surface area contributed by atoms with Gasteiger partial charge in [0.05, 0.1) is 5.69 Å². The van der Waals surface area contributed by atoms with Crippen LogP contribution in [-0.2, 0) is 13.0 Å². The van der Waals surface area contributed by atoms with Gasteiger partial charge in [0, 0.05) is 24.5 Å². The highest BCUT2D eigenvalue weighted by atomic mass is 32.1. The maximum absolute atomic E-state index is 5.77. The Morgan fingerprint density at radius 2 is 1.94 bits per heavy atom. The zero-order valence-electron chi connectivity index (χ0n) is 12.1. The lowest BCUT2D eigenvalue weighted by molar-refractivity contribution is 0.400. The molecular formula is C13H26N4S. The van der Waals surface area contributed by atoms with Gasteiger partial charge < -0.3 is 15.5 Å². The summed E-state index contributed by atoms with van der Waals surface area (Å²) in [6, 6.07) is 0. The number of nitrogens with two attached hydrogens (primary N) is 1. The van der Waals surface area contributed by atoms with Crippen LogP contribution in [0.4, 0.5) is 5.13 Å². The van der Waals surface area contributed by atoms with Gasteiger partial charge in [-0.2, -0.15) is 0 Å². The molecule has 0 spiro atoms. The average molecular weight is 270 g/mol. The van der Waals surface area contributed by atoms with E-state index < -0.39 is 0 Å². The molecule has 0 aliphatic rings. The lowest BCUT2D eigenvalue weighted by Gasteiger charge is -2.20. The lowest BCUT2D eigenvalue weighted by atomic mass is 10.3. The van der Waals surface area contributed by atoms with Gasteiger partial charge in [0.1, 0.15) is 0 Å². The molecule has 4 nitrogen and oxygen atoms in total. The summed E-state index contributed by atoms with van der Waals surface area (Å²) < 4.78 is 0. The smallest absolute Gasteiger partial charge is 0.185 e. The third-order valence-corrected chi connectivity index (χ3v) is 4.15. The molecule has 0 amide bonds. The summed E-state index contributed by atoms with van der Waals surface area (Å²) in [6.45, 7) is 8.12. The van der Waals surface area contributed by atoms with E-state index in [1.807, 2.05) is 0 Å². The largest absolute Gasteiger partial charge is 0.348 e. The molecule has 0 saturated carbocycles. The average Bonchev–Trinajstić information content (AvgIpc) is 2.77. The van der Waals surface area contributed by atoms with Crippen molar-refractivity contribution >= 4 is 16.5 Å². The Balaban J connectivity index is 2.66. The number of rotatable bonds is 8. The fourth-order valence-electron chi connectivity index (χ4n) is 1.91. The Kier molecular flexibility index (Phi) is 6.60. The predicted octanol–water partition coefficient (Wildman–Crippen LogP) is 1.94. The first-order valence-electron chi connectivity index (χ1n) is 6.70. The summed E-state index contributed by atoms with van der Waals surface area (Å²) in [5, 5.41) is 1.13. The standard InChI is InChI=1S/C13H26N4S/c1-5-11-12(10-14)18-13(15-11)17(6-2)9-7-8-16(3)4/h5-10,14H2,1-4H3. The van der Waals surface area contributed by atoms with Crippen molar-refractivity contribution in [2.75, 3.05) is 38.6 Å². The molecule has 1 heterocycles. The van der Waals surface area contributed by atoms with Crippen LogP contribution in [0.15, 0.2) is 0 Å². The summed E-state index contributed by atoms with van der Waals surface area (Å²) in [5.74, 6) is 0. The van der Waals surface area contributed by atoms with Gasteiger partial charge in [-0.05, 0) is 40.4 Å². The Morgan fingerprint density at radius 1 is 1.22 bits per heavy atom. The van der Waals surface area contributed by atoms with Crippen LogP contribution in [0.5, 0.6) is 0 Å². The number of aromatic nitrogens is 1. The predicted molar refractivity (Wildman–Crippen MR) is 80.4 cm³/mol. The topological polar surface area (TPSA) is 45.4 Å². The molecule has 0 saturated heterocycles. The van der Waals surface area contributed by atoms with Crippen molar-refractivity contribution < 1.29 is 0 Å². The number of hydrogen-bond donors (Lipinski definition) is 1. The van der Waals surface area contributed by atoms with E-state index in [2.05, 4.69) is 37.7 Å². The molecule has 0 aliphatic heterocycles. The van der Waals surface area contributed by atoms with Gasteiger partial charge in [-0.25, -0.2) is 4.98 Å². The minimum absolute atomic E-state index is 0.607. The molecule has 0 fully saturated rings. The molecule has 0 atom stereocenters. The minimum atomic E-state index is 0.607. The first kappa shape index (κ1) is 15.4. The van der Waals surface area contributed by atoms with E-state index in [4.69, 9.17) is 10.7 Å². The van der Waals surface area contributed by atoms with Crippen molar-refractivity contribution in [3.05, 3.63) is 10.6 Å². The van der Waals surface area contributed by atoms with Crippen molar-refractivity contribution in [1.82, 2.24) is 9.88 Å². The van der Waals surface area contributed by atoms with Gasteiger partial charge in [-0.15, -0.1) is 11.3 Å². The Morgan fingerprint density at radius 3 is 2.39 bits per heavy atom. The molecule has 0 aliphatic carbocycles. The van der Waals surface area contributed by atoms with E-state index in [0.29, 0.717) is 6.54 Å².